The second-order valence-electron chi connectivity index (χ2n) is 3.04. The van der Waals surface area contributed by atoms with Crippen LogP contribution in [0.2, 0.25) is 0 Å². The van der Waals surface area contributed by atoms with Gasteiger partial charge < -0.3 is 19.5 Å². The van der Waals surface area contributed by atoms with Crippen LogP contribution >= 0.6 is 0 Å². The van der Waals surface area contributed by atoms with Crippen LogP contribution in [-0.2, 0) is 14.3 Å². The van der Waals surface area contributed by atoms with Gasteiger partial charge in [0.15, 0.2) is 0 Å². The zero-order valence-electron chi connectivity index (χ0n) is 8.15. The van der Waals surface area contributed by atoms with Crippen molar-refractivity contribution < 1.29 is 24.2 Å². The zero-order chi connectivity index (χ0) is 10.8. The highest BCUT2D eigenvalue weighted by atomic mass is 16.7. The third-order valence-corrected chi connectivity index (χ3v) is 2.40. The van der Waals surface area contributed by atoms with Crippen molar-refractivity contribution >= 4 is 11.9 Å². The van der Waals surface area contributed by atoms with E-state index in [0.29, 0.717) is 0 Å². The largest absolute Gasteiger partial charge is 0.465 e. The van der Waals surface area contributed by atoms with Crippen molar-refractivity contribution in [3.63, 3.8) is 0 Å². The van der Waals surface area contributed by atoms with Gasteiger partial charge in [0.25, 0.3) is 0 Å². The Kier molecular flexibility index (Phi) is 3.07. The number of rotatable bonds is 2. The average Bonchev–Trinajstić information content (AvgIpc) is 2.18. The van der Waals surface area contributed by atoms with Gasteiger partial charge in [0, 0.05) is 27.2 Å². The molecular weight excluding hydrogens is 190 g/mol. The molecule has 80 valence electrons. The third kappa shape index (κ3) is 1.71. The maximum Gasteiger partial charge on any atom is 0.407 e. The number of hydrogen-bond acceptors (Lipinski definition) is 4. The van der Waals surface area contributed by atoms with E-state index in [1.165, 1.54) is 14.2 Å². The van der Waals surface area contributed by atoms with Crippen LogP contribution in [0.4, 0.5) is 4.79 Å². The predicted octanol–water partition coefficient (Wildman–Crippen LogP) is -0.0717. The summed E-state index contributed by atoms with van der Waals surface area (Å²) in [5.74, 6) is -1.62. The highest BCUT2D eigenvalue weighted by Crippen LogP contribution is 2.23. The van der Waals surface area contributed by atoms with Crippen LogP contribution in [0.3, 0.4) is 0 Å². The lowest BCUT2D eigenvalue weighted by molar-refractivity contribution is -0.217. The Hall–Kier alpha value is -1.14. The number of ketones is 1. The Labute approximate surface area is 81.4 Å². The molecule has 1 amide bonds. The molecule has 1 saturated heterocycles. The van der Waals surface area contributed by atoms with Gasteiger partial charge in [-0.3, -0.25) is 4.79 Å². The summed E-state index contributed by atoms with van der Waals surface area (Å²) in [6.45, 7) is 0.0553. The lowest BCUT2D eigenvalue weighted by Crippen LogP contribution is -2.55. The summed E-state index contributed by atoms with van der Waals surface area (Å²) < 4.78 is 9.95. The third-order valence-electron chi connectivity index (χ3n) is 2.40. The molecule has 1 aliphatic heterocycles. The van der Waals surface area contributed by atoms with Gasteiger partial charge in [0.2, 0.25) is 11.6 Å². The summed E-state index contributed by atoms with van der Waals surface area (Å²) in [5, 5.41) is 8.66. The van der Waals surface area contributed by atoms with Crippen molar-refractivity contribution in [3.05, 3.63) is 0 Å². The standard InChI is InChI=1S/C8H13NO5/c1-13-8(14-2)3-4-9(7(11)12)5-6(8)10/h3-5H2,1-2H3,(H,11,12). The number of ether oxygens (including phenoxy) is 2. The first-order valence-electron chi connectivity index (χ1n) is 4.17. The molecule has 1 N–H and O–H groups in total. The van der Waals surface area contributed by atoms with Gasteiger partial charge in [-0.15, -0.1) is 0 Å². The molecule has 1 rings (SSSR count). The first kappa shape index (κ1) is 10.9. The zero-order valence-corrected chi connectivity index (χ0v) is 8.15. The first-order chi connectivity index (χ1) is 6.55. The molecule has 0 radical (unpaired) electrons. The highest BCUT2D eigenvalue weighted by molar-refractivity contribution is 5.90. The van der Waals surface area contributed by atoms with Crippen molar-refractivity contribution in [2.24, 2.45) is 0 Å². The SMILES string of the molecule is COC1(OC)CCN(C(=O)O)CC1=O. The molecule has 6 heteroatoms. The van der Waals surface area contributed by atoms with Gasteiger partial charge >= 0.3 is 6.09 Å². The smallest absolute Gasteiger partial charge is 0.407 e. The fourth-order valence-electron chi connectivity index (χ4n) is 1.47. The Morgan fingerprint density at radius 1 is 1.50 bits per heavy atom. The molecule has 0 aromatic heterocycles. The number of amides is 1. The highest BCUT2D eigenvalue weighted by Gasteiger charge is 2.44. The number of Topliss-reactive ketones (excluding diaryl/α,β-unsaturated/α-hetero) is 1. The van der Waals surface area contributed by atoms with Crippen LogP contribution in [-0.4, -0.2) is 55.0 Å². The molecule has 0 aromatic rings. The number of carbonyl (C=O) groups is 2. The monoisotopic (exact) mass is 203 g/mol. The summed E-state index contributed by atoms with van der Waals surface area (Å²) >= 11 is 0. The van der Waals surface area contributed by atoms with Gasteiger partial charge in [-0.2, -0.15) is 0 Å². The molecule has 0 unspecified atom stereocenters. The van der Waals surface area contributed by atoms with Crippen molar-refractivity contribution in [2.45, 2.75) is 12.2 Å². The number of hydrogen-bond donors (Lipinski definition) is 1. The van der Waals surface area contributed by atoms with Gasteiger partial charge in [0.1, 0.15) is 0 Å². The van der Waals surface area contributed by atoms with Crippen LogP contribution < -0.4 is 0 Å². The molecule has 1 fully saturated rings. The molecule has 0 spiro atoms. The maximum absolute atomic E-state index is 11.5. The predicted molar refractivity (Wildman–Crippen MR) is 46.0 cm³/mol. The number of carbonyl (C=O) groups excluding carboxylic acids is 1. The normalized spacial score (nSPS) is 21.0. The number of carboxylic acid groups (broad SMARTS) is 1. The molecule has 0 aliphatic carbocycles. The second kappa shape index (κ2) is 3.93. The minimum absolute atomic E-state index is 0.184. The van der Waals surface area contributed by atoms with E-state index in [4.69, 9.17) is 14.6 Å². The summed E-state index contributed by atoms with van der Waals surface area (Å²) in [7, 11) is 2.75. The van der Waals surface area contributed by atoms with Gasteiger partial charge in [-0.25, -0.2) is 4.79 Å². The number of likely N-dealkylation sites (tertiary alicyclic amines) is 1. The molecule has 0 bridgehead atoms. The van der Waals surface area contributed by atoms with E-state index in [0.717, 1.165) is 4.90 Å². The van der Waals surface area contributed by atoms with Gasteiger partial charge in [-0.1, -0.05) is 0 Å². The maximum atomic E-state index is 11.5. The minimum Gasteiger partial charge on any atom is -0.465 e. The number of nitrogens with zero attached hydrogens (tertiary/aromatic N) is 1. The molecule has 0 atom stereocenters. The Bertz CT molecular complexity index is 248. The molecule has 0 aromatic carbocycles. The van der Waals surface area contributed by atoms with Crippen LogP contribution in [0.25, 0.3) is 0 Å². The molecule has 6 nitrogen and oxygen atoms in total. The summed E-state index contributed by atoms with van der Waals surface area (Å²) in [4.78, 5) is 23.2. The van der Waals surface area contributed by atoms with Crippen LogP contribution in [0.1, 0.15) is 6.42 Å². The molecule has 1 aliphatic rings. The van der Waals surface area contributed by atoms with Crippen molar-refractivity contribution in [3.8, 4) is 0 Å². The Morgan fingerprint density at radius 3 is 2.43 bits per heavy atom. The number of piperidine rings is 1. The quantitative estimate of drug-likeness (QED) is 0.635. The van der Waals surface area contributed by atoms with Gasteiger partial charge in [0.05, 0.1) is 6.54 Å². The fourth-order valence-corrected chi connectivity index (χ4v) is 1.47. The summed E-state index contributed by atoms with van der Waals surface area (Å²) in [6, 6.07) is 0. The molecular formula is C8H13NO5. The van der Waals surface area contributed by atoms with Crippen molar-refractivity contribution in [1.82, 2.24) is 4.90 Å². The average molecular weight is 203 g/mol. The van der Waals surface area contributed by atoms with E-state index in [9.17, 15) is 9.59 Å². The van der Waals surface area contributed by atoms with Crippen LogP contribution in [0.15, 0.2) is 0 Å². The van der Waals surface area contributed by atoms with E-state index < -0.39 is 11.9 Å². The summed E-state index contributed by atoms with van der Waals surface area (Å²) in [6.07, 6.45) is -0.871. The summed E-state index contributed by atoms with van der Waals surface area (Å²) in [5.41, 5.74) is 0. The van der Waals surface area contributed by atoms with Crippen LogP contribution in [0.5, 0.6) is 0 Å². The minimum atomic E-state index is -1.26. The van der Waals surface area contributed by atoms with Crippen molar-refractivity contribution in [2.75, 3.05) is 27.3 Å². The van der Waals surface area contributed by atoms with Crippen LogP contribution in [0, 0.1) is 0 Å². The second-order valence-corrected chi connectivity index (χ2v) is 3.04. The van der Waals surface area contributed by atoms with E-state index in [2.05, 4.69) is 0 Å². The fraction of sp³-hybridized carbons (Fsp3) is 0.750. The van der Waals surface area contributed by atoms with E-state index >= 15 is 0 Å². The molecule has 14 heavy (non-hydrogen) atoms. The first-order valence-corrected chi connectivity index (χ1v) is 4.17. The number of methoxy groups -OCH3 is 2. The lowest BCUT2D eigenvalue weighted by Gasteiger charge is -2.36. The Morgan fingerprint density at radius 2 is 2.07 bits per heavy atom. The van der Waals surface area contributed by atoms with Crippen molar-refractivity contribution in [1.29, 1.82) is 0 Å². The van der Waals surface area contributed by atoms with E-state index in [1.807, 2.05) is 0 Å². The lowest BCUT2D eigenvalue weighted by atomic mass is 10.0. The van der Waals surface area contributed by atoms with Gasteiger partial charge in [-0.05, 0) is 0 Å². The molecule has 1 heterocycles. The van der Waals surface area contributed by atoms with E-state index in [1.54, 1.807) is 0 Å². The van der Waals surface area contributed by atoms with E-state index in [-0.39, 0.29) is 25.3 Å². The molecule has 0 saturated carbocycles. The Balaban J connectivity index is 2.73. The topological polar surface area (TPSA) is 76.1 Å².